The van der Waals surface area contributed by atoms with Crippen LogP contribution in [0.2, 0.25) is 0 Å². The summed E-state index contributed by atoms with van der Waals surface area (Å²) < 4.78 is 13.0. The molecule has 1 fully saturated rings. The molecule has 1 aliphatic heterocycles. The summed E-state index contributed by atoms with van der Waals surface area (Å²) in [6.07, 6.45) is -0.764. The number of hydrogen-bond acceptors (Lipinski definition) is 8. The highest BCUT2D eigenvalue weighted by molar-refractivity contribution is 7.17. The van der Waals surface area contributed by atoms with Gasteiger partial charge in [0.25, 0.3) is 5.56 Å². The van der Waals surface area contributed by atoms with Gasteiger partial charge >= 0.3 is 11.8 Å². The average Bonchev–Trinajstić information content (AvgIpc) is 3.29. The number of anilines is 1. The van der Waals surface area contributed by atoms with Crippen LogP contribution in [0.3, 0.4) is 0 Å². The summed E-state index contributed by atoms with van der Waals surface area (Å²) in [7, 11) is 1.67. The third-order valence-corrected chi connectivity index (χ3v) is 6.53. The number of para-hydroxylation sites is 2. The predicted molar refractivity (Wildman–Crippen MR) is 124 cm³/mol. The molecule has 2 aromatic heterocycles. The van der Waals surface area contributed by atoms with E-state index in [9.17, 15) is 14.4 Å². The van der Waals surface area contributed by atoms with Crippen LogP contribution in [0.25, 0.3) is 10.2 Å². The van der Waals surface area contributed by atoms with E-state index in [-0.39, 0.29) is 18.7 Å². The lowest BCUT2D eigenvalue weighted by molar-refractivity contribution is 0.153. The molecule has 9 nitrogen and oxygen atoms in total. The molecule has 0 bridgehead atoms. The number of nitrogens with zero attached hydrogens (tertiary/aromatic N) is 4. The fraction of sp³-hybridized carbons (Fsp3) is 0.409. The van der Waals surface area contributed by atoms with Crippen LogP contribution in [0, 0.1) is 0 Å². The third-order valence-electron chi connectivity index (χ3n) is 5.64. The molecule has 4 rings (SSSR count). The van der Waals surface area contributed by atoms with Crippen LogP contribution in [0.15, 0.2) is 45.3 Å². The Morgan fingerprint density at radius 2 is 1.81 bits per heavy atom. The largest absolute Gasteiger partial charge is 0.495 e. The first-order valence-electron chi connectivity index (χ1n) is 10.6. The number of thiophene rings is 1. The molecule has 0 amide bonds. The number of rotatable bonds is 6. The summed E-state index contributed by atoms with van der Waals surface area (Å²) in [6.45, 7) is 5.77. The van der Waals surface area contributed by atoms with Gasteiger partial charge in [0.1, 0.15) is 10.4 Å². The minimum absolute atomic E-state index is 0.145. The fourth-order valence-corrected chi connectivity index (χ4v) is 4.80. The number of hydrogen-bond donors (Lipinski definition) is 0. The van der Waals surface area contributed by atoms with E-state index in [1.54, 1.807) is 25.5 Å². The number of aromatic nitrogens is 2. The summed E-state index contributed by atoms with van der Waals surface area (Å²) in [5.41, 5.74) is 0.330. The van der Waals surface area contributed by atoms with Crippen LogP contribution in [0.1, 0.15) is 6.92 Å². The molecule has 1 aliphatic rings. The molecule has 0 radical (unpaired) electrons. The van der Waals surface area contributed by atoms with Crippen molar-refractivity contribution in [2.45, 2.75) is 13.5 Å². The van der Waals surface area contributed by atoms with Crippen molar-refractivity contribution in [3.63, 3.8) is 0 Å². The van der Waals surface area contributed by atoms with E-state index >= 15 is 0 Å². The number of benzene rings is 1. The minimum Gasteiger partial charge on any atom is -0.495 e. The van der Waals surface area contributed by atoms with Crippen molar-refractivity contribution in [1.29, 1.82) is 0 Å². The lowest BCUT2D eigenvalue weighted by Crippen LogP contribution is -2.49. The second-order valence-corrected chi connectivity index (χ2v) is 8.33. The molecular formula is C22H26N4O5S. The maximum absolute atomic E-state index is 13.0. The van der Waals surface area contributed by atoms with Crippen LogP contribution < -0.4 is 20.9 Å². The van der Waals surface area contributed by atoms with E-state index in [0.29, 0.717) is 16.8 Å². The van der Waals surface area contributed by atoms with E-state index in [1.807, 2.05) is 24.3 Å². The van der Waals surface area contributed by atoms with Crippen LogP contribution >= 0.6 is 11.3 Å². The second kappa shape index (κ2) is 9.58. The zero-order valence-corrected chi connectivity index (χ0v) is 19.0. The Morgan fingerprint density at radius 3 is 2.53 bits per heavy atom. The molecule has 0 saturated carbocycles. The summed E-state index contributed by atoms with van der Waals surface area (Å²) >= 11 is 1.22. The lowest BCUT2D eigenvalue weighted by atomic mass is 10.2. The summed E-state index contributed by atoms with van der Waals surface area (Å²) in [5, 5.41) is 1.70. The van der Waals surface area contributed by atoms with Crippen LogP contribution in [-0.2, 0) is 11.3 Å². The smallest absolute Gasteiger partial charge is 0.422 e. The Hall–Kier alpha value is -3.11. The highest BCUT2D eigenvalue weighted by Crippen LogP contribution is 2.28. The molecule has 1 aromatic carbocycles. The number of ether oxygens (including phenoxy) is 2. The van der Waals surface area contributed by atoms with Gasteiger partial charge in [-0.3, -0.25) is 14.3 Å². The van der Waals surface area contributed by atoms with E-state index in [2.05, 4.69) is 9.80 Å². The van der Waals surface area contributed by atoms with Gasteiger partial charge in [-0.2, -0.15) is 4.57 Å². The van der Waals surface area contributed by atoms with Crippen LogP contribution in [0.4, 0.5) is 10.5 Å². The molecule has 0 aliphatic carbocycles. The average molecular weight is 459 g/mol. The lowest BCUT2D eigenvalue weighted by Gasteiger charge is -2.36. The molecular weight excluding hydrogens is 432 g/mol. The van der Waals surface area contributed by atoms with E-state index in [1.165, 1.54) is 11.3 Å². The Morgan fingerprint density at radius 1 is 1.06 bits per heavy atom. The van der Waals surface area contributed by atoms with Crippen LogP contribution in [-0.4, -0.2) is 66.6 Å². The van der Waals surface area contributed by atoms with Crippen molar-refractivity contribution in [2.75, 3.05) is 51.3 Å². The van der Waals surface area contributed by atoms with Gasteiger partial charge in [-0.25, -0.2) is 9.59 Å². The SMILES string of the molecule is CCOC(=O)n1c(=O)n(CCN2CCN(c3ccccc3OC)CC2)c(=O)c2sccc21. The Kier molecular flexibility index (Phi) is 6.61. The molecule has 3 aromatic rings. The van der Waals surface area contributed by atoms with Gasteiger partial charge in [-0.15, -0.1) is 11.3 Å². The first-order chi connectivity index (χ1) is 15.5. The summed E-state index contributed by atoms with van der Waals surface area (Å²) in [4.78, 5) is 42.7. The molecule has 10 heteroatoms. The maximum atomic E-state index is 13.0. The van der Waals surface area contributed by atoms with E-state index < -0.39 is 11.8 Å². The number of piperazine rings is 1. The van der Waals surface area contributed by atoms with Crippen molar-refractivity contribution >= 4 is 33.3 Å². The zero-order chi connectivity index (χ0) is 22.7. The van der Waals surface area contributed by atoms with E-state index in [0.717, 1.165) is 46.8 Å². The molecule has 170 valence electrons. The molecule has 0 N–H and O–H groups in total. The van der Waals surface area contributed by atoms with Crippen molar-refractivity contribution in [3.05, 3.63) is 56.5 Å². The van der Waals surface area contributed by atoms with E-state index in [4.69, 9.17) is 9.47 Å². The number of methoxy groups -OCH3 is 1. The van der Waals surface area contributed by atoms with Gasteiger partial charge in [0.05, 0.1) is 24.9 Å². The monoisotopic (exact) mass is 458 g/mol. The van der Waals surface area contributed by atoms with Gasteiger partial charge in [0.2, 0.25) is 0 Å². The normalized spacial score (nSPS) is 14.6. The molecule has 3 heterocycles. The number of carbonyl (C=O) groups is 1. The predicted octanol–water partition coefficient (Wildman–Crippen LogP) is 2.06. The Bertz CT molecular complexity index is 1220. The quantitative estimate of drug-likeness (QED) is 0.559. The molecule has 32 heavy (non-hydrogen) atoms. The molecule has 1 saturated heterocycles. The van der Waals surface area contributed by atoms with Crippen molar-refractivity contribution in [3.8, 4) is 5.75 Å². The topological polar surface area (TPSA) is 86.0 Å². The first-order valence-corrected chi connectivity index (χ1v) is 11.4. The van der Waals surface area contributed by atoms with Gasteiger partial charge in [-0.05, 0) is 30.5 Å². The van der Waals surface area contributed by atoms with Gasteiger partial charge in [0, 0.05) is 39.3 Å². The van der Waals surface area contributed by atoms with Crippen LogP contribution in [0.5, 0.6) is 5.75 Å². The highest BCUT2D eigenvalue weighted by Gasteiger charge is 2.22. The van der Waals surface area contributed by atoms with Gasteiger partial charge < -0.3 is 14.4 Å². The van der Waals surface area contributed by atoms with Crippen molar-refractivity contribution < 1.29 is 14.3 Å². The maximum Gasteiger partial charge on any atom is 0.422 e. The third kappa shape index (κ3) is 4.15. The van der Waals surface area contributed by atoms with Gasteiger partial charge in [0.15, 0.2) is 0 Å². The standard InChI is InChI=1S/C22H26N4O5S/c1-3-31-22(29)26-17-8-15-32-19(17)20(27)25(21(26)28)14-11-23-9-12-24(13-10-23)16-6-4-5-7-18(16)30-2/h4-8,15H,3,9-14H2,1-2H3. The van der Waals surface area contributed by atoms with Crippen molar-refractivity contribution in [2.24, 2.45) is 0 Å². The first kappa shape index (κ1) is 22.1. The fourth-order valence-electron chi connectivity index (χ4n) is 3.98. The van der Waals surface area contributed by atoms with Gasteiger partial charge in [-0.1, -0.05) is 12.1 Å². The summed E-state index contributed by atoms with van der Waals surface area (Å²) in [6, 6.07) is 9.53. The molecule has 0 atom stereocenters. The number of carbonyl (C=O) groups excluding carboxylic acids is 1. The Labute approximate surface area is 189 Å². The second-order valence-electron chi connectivity index (χ2n) is 7.41. The zero-order valence-electron chi connectivity index (χ0n) is 18.2. The summed E-state index contributed by atoms with van der Waals surface area (Å²) in [5.74, 6) is 0.844. The van der Waals surface area contributed by atoms with Crippen molar-refractivity contribution in [1.82, 2.24) is 14.0 Å². The Balaban J connectivity index is 1.49. The molecule has 0 spiro atoms. The minimum atomic E-state index is -0.764. The highest BCUT2D eigenvalue weighted by atomic mass is 32.1. The molecule has 0 unspecified atom stereocenters. The number of fused-ring (bicyclic) bond motifs is 1.